The summed E-state index contributed by atoms with van der Waals surface area (Å²) in [4.78, 5) is 18.5. The minimum atomic E-state index is 0.00347. The van der Waals surface area contributed by atoms with Crippen LogP contribution >= 0.6 is 0 Å². The number of nitrogen functional groups attached to an aromatic ring is 1. The lowest BCUT2D eigenvalue weighted by Gasteiger charge is -2.31. The Hall–Kier alpha value is -1.66. The summed E-state index contributed by atoms with van der Waals surface area (Å²) in [5.74, 6) is 5.91. The summed E-state index contributed by atoms with van der Waals surface area (Å²) in [6.07, 6.45) is 0.840. The van der Waals surface area contributed by atoms with Crippen molar-refractivity contribution in [1.29, 1.82) is 0 Å². The lowest BCUT2D eigenvalue weighted by Crippen LogP contribution is -2.44. The Bertz CT molecular complexity index is 442. The molecule has 1 aliphatic heterocycles. The van der Waals surface area contributed by atoms with Crippen molar-refractivity contribution in [2.24, 2.45) is 5.84 Å². The largest absolute Gasteiger partial charge is 0.375 e. The van der Waals surface area contributed by atoms with Gasteiger partial charge >= 0.3 is 0 Å². The third-order valence-corrected chi connectivity index (χ3v) is 3.16. The average Bonchev–Trinajstić information content (AvgIpc) is 2.45. The molecule has 1 fully saturated rings. The number of nitrogens with one attached hydrogen (secondary N) is 1. The highest BCUT2D eigenvalue weighted by Gasteiger charge is 2.23. The van der Waals surface area contributed by atoms with Crippen LogP contribution < -0.4 is 11.3 Å². The zero-order valence-electron chi connectivity index (χ0n) is 11.3. The molecule has 104 valence electrons. The fourth-order valence-corrected chi connectivity index (χ4v) is 2.15. The van der Waals surface area contributed by atoms with Crippen LogP contribution in [0.3, 0.4) is 0 Å². The van der Waals surface area contributed by atoms with Gasteiger partial charge in [0.2, 0.25) is 0 Å². The summed E-state index contributed by atoms with van der Waals surface area (Å²) in [6, 6.07) is 3.50. The smallest absolute Gasteiger partial charge is 0.254 e. The molecule has 2 heterocycles. The molecule has 1 aromatic heterocycles. The van der Waals surface area contributed by atoms with E-state index in [0.717, 1.165) is 12.1 Å². The fraction of sp³-hybridized carbons (Fsp3) is 0.538. The van der Waals surface area contributed by atoms with Crippen LogP contribution in [0.15, 0.2) is 12.1 Å². The number of pyridine rings is 1. The summed E-state index contributed by atoms with van der Waals surface area (Å²) in [5.41, 5.74) is 3.97. The number of hydrazine groups is 1. The number of nitrogens with two attached hydrogens (primary N) is 1. The number of aryl methyl sites for hydroxylation is 1. The third kappa shape index (κ3) is 3.21. The molecule has 6 heteroatoms. The number of carbonyl (C=O) groups is 1. The Morgan fingerprint density at radius 1 is 1.63 bits per heavy atom. The van der Waals surface area contributed by atoms with Crippen LogP contribution in [0, 0.1) is 0 Å². The maximum atomic E-state index is 12.5. The summed E-state index contributed by atoms with van der Waals surface area (Å²) in [6.45, 7) is 5.79. The van der Waals surface area contributed by atoms with Gasteiger partial charge in [-0.25, -0.2) is 10.8 Å². The minimum Gasteiger partial charge on any atom is -0.375 e. The monoisotopic (exact) mass is 264 g/mol. The molecule has 0 aliphatic carbocycles. The minimum absolute atomic E-state index is 0.00347. The molecular weight excluding hydrogens is 244 g/mol. The van der Waals surface area contributed by atoms with Gasteiger partial charge in [-0.05, 0) is 25.5 Å². The van der Waals surface area contributed by atoms with Gasteiger partial charge in [0.1, 0.15) is 5.82 Å². The Labute approximate surface area is 112 Å². The maximum Gasteiger partial charge on any atom is 0.254 e. The van der Waals surface area contributed by atoms with Crippen LogP contribution in [-0.2, 0) is 11.2 Å². The Balaban J connectivity index is 2.22. The van der Waals surface area contributed by atoms with Crippen molar-refractivity contribution in [1.82, 2.24) is 9.88 Å². The molecule has 1 unspecified atom stereocenters. The zero-order valence-corrected chi connectivity index (χ0v) is 11.3. The van der Waals surface area contributed by atoms with E-state index < -0.39 is 0 Å². The fourth-order valence-electron chi connectivity index (χ4n) is 2.15. The Morgan fingerprint density at radius 3 is 3.05 bits per heavy atom. The van der Waals surface area contributed by atoms with E-state index in [2.05, 4.69) is 10.4 Å². The summed E-state index contributed by atoms with van der Waals surface area (Å²) in [7, 11) is 0. The first kappa shape index (κ1) is 13.8. The number of hydrogen-bond acceptors (Lipinski definition) is 5. The van der Waals surface area contributed by atoms with Crippen molar-refractivity contribution in [3.8, 4) is 0 Å². The average molecular weight is 264 g/mol. The lowest BCUT2D eigenvalue weighted by atomic mass is 10.1. The molecule has 3 N–H and O–H groups in total. The summed E-state index contributed by atoms with van der Waals surface area (Å²) < 4.78 is 5.45. The molecule has 19 heavy (non-hydrogen) atoms. The van der Waals surface area contributed by atoms with Crippen LogP contribution in [0.2, 0.25) is 0 Å². The van der Waals surface area contributed by atoms with Gasteiger partial charge in [0.15, 0.2) is 0 Å². The molecular formula is C13H20N4O2. The van der Waals surface area contributed by atoms with Crippen molar-refractivity contribution in [3.63, 3.8) is 0 Å². The van der Waals surface area contributed by atoms with Crippen molar-refractivity contribution in [2.45, 2.75) is 26.4 Å². The van der Waals surface area contributed by atoms with Crippen molar-refractivity contribution in [3.05, 3.63) is 23.4 Å². The van der Waals surface area contributed by atoms with E-state index in [9.17, 15) is 4.79 Å². The van der Waals surface area contributed by atoms with E-state index in [1.165, 1.54) is 0 Å². The standard InChI is InChI=1S/C13H20N4O2/c1-3-11-6-10(7-12(15-11)16-14)13(18)17-4-5-19-9(2)8-17/h6-7,9H,3-5,8,14H2,1-2H3,(H,15,16). The van der Waals surface area contributed by atoms with Gasteiger partial charge in [0, 0.05) is 24.3 Å². The molecule has 1 atom stereocenters. The number of amides is 1. The van der Waals surface area contributed by atoms with Crippen LogP contribution in [0.5, 0.6) is 0 Å². The van der Waals surface area contributed by atoms with Crippen LogP contribution in [-0.4, -0.2) is 41.6 Å². The highest BCUT2D eigenvalue weighted by atomic mass is 16.5. The van der Waals surface area contributed by atoms with E-state index >= 15 is 0 Å². The van der Waals surface area contributed by atoms with E-state index in [-0.39, 0.29) is 12.0 Å². The summed E-state index contributed by atoms with van der Waals surface area (Å²) in [5, 5.41) is 0. The number of aromatic nitrogens is 1. The van der Waals surface area contributed by atoms with Crippen LogP contribution in [0.4, 0.5) is 5.82 Å². The lowest BCUT2D eigenvalue weighted by molar-refractivity contribution is -0.0124. The Kier molecular flexibility index (Phi) is 4.34. The summed E-state index contributed by atoms with van der Waals surface area (Å²) >= 11 is 0. The van der Waals surface area contributed by atoms with Gasteiger partial charge in [-0.3, -0.25) is 4.79 Å². The molecule has 1 aliphatic rings. The van der Waals surface area contributed by atoms with Crippen molar-refractivity contribution < 1.29 is 9.53 Å². The zero-order chi connectivity index (χ0) is 13.8. The quantitative estimate of drug-likeness (QED) is 0.623. The molecule has 0 radical (unpaired) electrons. The topological polar surface area (TPSA) is 80.5 Å². The molecule has 6 nitrogen and oxygen atoms in total. The van der Waals surface area contributed by atoms with Gasteiger partial charge in [-0.15, -0.1) is 0 Å². The number of nitrogens with zero attached hydrogens (tertiary/aromatic N) is 2. The predicted molar refractivity (Wildman–Crippen MR) is 72.7 cm³/mol. The first-order chi connectivity index (χ1) is 9.13. The van der Waals surface area contributed by atoms with Gasteiger partial charge in [0.05, 0.1) is 12.7 Å². The van der Waals surface area contributed by atoms with Gasteiger partial charge in [-0.2, -0.15) is 0 Å². The molecule has 0 bridgehead atoms. The van der Waals surface area contributed by atoms with Gasteiger partial charge < -0.3 is 15.1 Å². The number of anilines is 1. The van der Waals surface area contributed by atoms with E-state index in [1.807, 2.05) is 24.8 Å². The van der Waals surface area contributed by atoms with Gasteiger partial charge in [0.25, 0.3) is 5.91 Å². The second-order valence-corrected chi connectivity index (χ2v) is 4.66. The highest BCUT2D eigenvalue weighted by molar-refractivity contribution is 5.95. The Morgan fingerprint density at radius 2 is 2.42 bits per heavy atom. The number of rotatable bonds is 3. The number of hydrogen-bond donors (Lipinski definition) is 2. The number of ether oxygens (including phenoxy) is 1. The predicted octanol–water partition coefficient (Wildman–Crippen LogP) is 0.790. The second-order valence-electron chi connectivity index (χ2n) is 4.66. The second kappa shape index (κ2) is 5.99. The van der Waals surface area contributed by atoms with Crippen LogP contribution in [0.25, 0.3) is 0 Å². The first-order valence-electron chi connectivity index (χ1n) is 6.52. The molecule has 0 aromatic carbocycles. The number of morpholine rings is 1. The van der Waals surface area contributed by atoms with E-state index in [4.69, 9.17) is 10.6 Å². The maximum absolute atomic E-state index is 12.5. The first-order valence-corrected chi connectivity index (χ1v) is 6.52. The molecule has 2 rings (SSSR count). The highest BCUT2D eigenvalue weighted by Crippen LogP contribution is 2.15. The van der Waals surface area contributed by atoms with Crippen molar-refractivity contribution >= 4 is 11.7 Å². The SMILES string of the molecule is CCc1cc(C(=O)N2CCOC(C)C2)cc(NN)n1. The molecule has 0 spiro atoms. The van der Waals surface area contributed by atoms with E-state index in [1.54, 1.807) is 6.07 Å². The number of carbonyl (C=O) groups excluding carboxylic acids is 1. The van der Waals surface area contributed by atoms with E-state index in [0.29, 0.717) is 31.1 Å². The molecule has 0 saturated carbocycles. The van der Waals surface area contributed by atoms with Crippen molar-refractivity contribution in [2.75, 3.05) is 25.1 Å². The molecule has 1 amide bonds. The molecule has 1 saturated heterocycles. The van der Waals surface area contributed by atoms with Crippen LogP contribution in [0.1, 0.15) is 29.9 Å². The van der Waals surface area contributed by atoms with Gasteiger partial charge in [-0.1, -0.05) is 6.92 Å². The third-order valence-electron chi connectivity index (χ3n) is 3.16. The normalized spacial score (nSPS) is 19.3. The molecule has 1 aromatic rings.